The number of ether oxygens (including phenoxy) is 1. The summed E-state index contributed by atoms with van der Waals surface area (Å²) in [5.74, 6) is -0.296. The molecule has 1 aromatic rings. The van der Waals surface area contributed by atoms with Gasteiger partial charge in [-0.2, -0.15) is 0 Å². The highest BCUT2D eigenvalue weighted by Crippen LogP contribution is 2.11. The fourth-order valence-electron chi connectivity index (χ4n) is 1.12. The maximum Gasteiger partial charge on any atom is 0.333 e. The molecule has 0 amide bonds. The molecule has 0 unspecified atom stereocenters. The Hall–Kier alpha value is -1.58. The Balaban J connectivity index is 2.95. The average Bonchev–Trinajstić information content (AvgIpc) is 2.59. The molecule has 0 fully saturated rings. The number of rotatable bonds is 3. The van der Waals surface area contributed by atoms with Gasteiger partial charge in [0.2, 0.25) is 0 Å². The molecule has 1 N–H and O–H groups in total. The smallest absolute Gasteiger partial charge is 0.333 e. The third-order valence-corrected chi connectivity index (χ3v) is 2.01. The first-order valence-electron chi connectivity index (χ1n) is 4.47. The van der Waals surface area contributed by atoms with E-state index >= 15 is 0 Å². The van der Waals surface area contributed by atoms with Crippen LogP contribution in [0.2, 0.25) is 0 Å². The summed E-state index contributed by atoms with van der Waals surface area (Å²) in [6.07, 6.45) is 3.99. The van der Waals surface area contributed by atoms with Crippen LogP contribution < -0.4 is 0 Å². The summed E-state index contributed by atoms with van der Waals surface area (Å²) < 4.78 is 4.65. The minimum atomic E-state index is -0.296. The van der Waals surface area contributed by atoms with E-state index in [2.05, 4.69) is 14.7 Å². The monoisotopic (exact) mass is 194 g/mol. The fraction of sp³-hybridized carbons (Fsp3) is 0.400. The molecule has 0 saturated heterocycles. The largest absolute Gasteiger partial charge is 0.466 e. The summed E-state index contributed by atoms with van der Waals surface area (Å²) in [6.45, 7) is 3.81. The third-order valence-electron chi connectivity index (χ3n) is 2.01. The Labute approximate surface area is 83.0 Å². The summed E-state index contributed by atoms with van der Waals surface area (Å²) in [4.78, 5) is 18.3. The quantitative estimate of drug-likeness (QED) is 0.588. The van der Waals surface area contributed by atoms with E-state index in [4.69, 9.17) is 0 Å². The molecule has 76 valence electrons. The van der Waals surface area contributed by atoms with Crippen LogP contribution in [0.5, 0.6) is 0 Å². The van der Waals surface area contributed by atoms with Gasteiger partial charge in [0.05, 0.1) is 19.1 Å². The van der Waals surface area contributed by atoms with Crippen molar-refractivity contribution in [2.45, 2.75) is 20.3 Å². The fourth-order valence-corrected chi connectivity index (χ4v) is 1.12. The highest BCUT2D eigenvalue weighted by atomic mass is 16.5. The van der Waals surface area contributed by atoms with Gasteiger partial charge in [0, 0.05) is 11.3 Å². The molecule has 0 aliphatic carbocycles. The van der Waals surface area contributed by atoms with E-state index in [-0.39, 0.29) is 5.97 Å². The SMILES string of the molecule is CCC(=Cc1nc[nH]c1C)C(=O)OC. The van der Waals surface area contributed by atoms with Crippen molar-refractivity contribution in [1.82, 2.24) is 9.97 Å². The molecule has 14 heavy (non-hydrogen) atoms. The first-order valence-corrected chi connectivity index (χ1v) is 4.47. The van der Waals surface area contributed by atoms with Crippen LogP contribution in [0.15, 0.2) is 11.9 Å². The average molecular weight is 194 g/mol. The topological polar surface area (TPSA) is 55.0 Å². The number of hydrogen-bond donors (Lipinski definition) is 1. The van der Waals surface area contributed by atoms with Crippen molar-refractivity contribution < 1.29 is 9.53 Å². The zero-order chi connectivity index (χ0) is 10.6. The van der Waals surface area contributed by atoms with Gasteiger partial charge >= 0.3 is 5.97 Å². The Kier molecular flexibility index (Phi) is 3.45. The van der Waals surface area contributed by atoms with E-state index in [0.717, 1.165) is 11.4 Å². The van der Waals surface area contributed by atoms with Crippen LogP contribution in [0, 0.1) is 6.92 Å². The normalized spacial score (nSPS) is 11.5. The predicted octanol–water partition coefficient (Wildman–Crippen LogP) is 1.68. The minimum Gasteiger partial charge on any atom is -0.466 e. The number of nitrogens with one attached hydrogen (secondary N) is 1. The van der Waals surface area contributed by atoms with Crippen molar-refractivity contribution >= 4 is 12.0 Å². The number of carbonyl (C=O) groups excluding carboxylic acids is 1. The number of aromatic amines is 1. The van der Waals surface area contributed by atoms with Crippen molar-refractivity contribution in [3.05, 3.63) is 23.3 Å². The maximum atomic E-state index is 11.3. The summed E-state index contributed by atoms with van der Waals surface area (Å²) in [6, 6.07) is 0. The number of nitrogens with zero attached hydrogens (tertiary/aromatic N) is 1. The molecule has 0 aliphatic heterocycles. The molecule has 0 radical (unpaired) electrons. The molecule has 0 aromatic carbocycles. The minimum absolute atomic E-state index is 0.296. The van der Waals surface area contributed by atoms with E-state index in [0.29, 0.717) is 12.0 Å². The third kappa shape index (κ3) is 2.22. The van der Waals surface area contributed by atoms with Crippen LogP contribution in [0.25, 0.3) is 6.08 Å². The van der Waals surface area contributed by atoms with Crippen LogP contribution in [0.1, 0.15) is 24.7 Å². The molecule has 4 heteroatoms. The highest BCUT2D eigenvalue weighted by Gasteiger charge is 2.08. The number of H-pyrrole nitrogens is 1. The number of aryl methyl sites for hydroxylation is 1. The lowest BCUT2D eigenvalue weighted by Gasteiger charge is -2.00. The Bertz CT molecular complexity index is 353. The van der Waals surface area contributed by atoms with Gasteiger partial charge in [-0.05, 0) is 19.4 Å². The first kappa shape index (κ1) is 10.5. The van der Waals surface area contributed by atoms with E-state index in [1.165, 1.54) is 7.11 Å². The predicted molar refractivity (Wildman–Crippen MR) is 53.6 cm³/mol. The Morgan fingerprint density at radius 2 is 2.43 bits per heavy atom. The second-order valence-electron chi connectivity index (χ2n) is 2.93. The zero-order valence-corrected chi connectivity index (χ0v) is 8.63. The summed E-state index contributed by atoms with van der Waals surface area (Å²) in [7, 11) is 1.38. The van der Waals surface area contributed by atoms with Gasteiger partial charge in [-0.25, -0.2) is 9.78 Å². The first-order chi connectivity index (χ1) is 6.69. The second kappa shape index (κ2) is 4.60. The molecule has 1 rings (SSSR count). The lowest BCUT2D eigenvalue weighted by molar-refractivity contribution is -0.136. The van der Waals surface area contributed by atoms with Gasteiger partial charge in [-0.3, -0.25) is 0 Å². The molecular weight excluding hydrogens is 180 g/mol. The number of hydrogen-bond acceptors (Lipinski definition) is 3. The maximum absolute atomic E-state index is 11.3. The number of esters is 1. The Morgan fingerprint density at radius 1 is 1.71 bits per heavy atom. The van der Waals surface area contributed by atoms with Crippen LogP contribution in [-0.2, 0) is 9.53 Å². The van der Waals surface area contributed by atoms with Crippen molar-refractivity contribution in [1.29, 1.82) is 0 Å². The van der Waals surface area contributed by atoms with E-state index in [9.17, 15) is 4.79 Å². The second-order valence-corrected chi connectivity index (χ2v) is 2.93. The van der Waals surface area contributed by atoms with E-state index in [1.807, 2.05) is 13.8 Å². The lowest BCUT2D eigenvalue weighted by Crippen LogP contribution is -2.03. The standard InChI is InChI=1S/C10H14N2O2/c1-4-8(10(13)14-3)5-9-7(2)11-6-12-9/h5-6H,4H2,1-3H3,(H,11,12). The molecular formula is C10H14N2O2. The number of aromatic nitrogens is 2. The summed E-state index contributed by atoms with van der Waals surface area (Å²) in [5, 5.41) is 0. The Morgan fingerprint density at radius 3 is 2.86 bits per heavy atom. The van der Waals surface area contributed by atoms with Crippen LogP contribution in [0.4, 0.5) is 0 Å². The molecule has 0 bridgehead atoms. The molecule has 0 spiro atoms. The van der Waals surface area contributed by atoms with Crippen molar-refractivity contribution in [2.24, 2.45) is 0 Å². The number of carbonyl (C=O) groups is 1. The van der Waals surface area contributed by atoms with Gasteiger partial charge < -0.3 is 9.72 Å². The van der Waals surface area contributed by atoms with Crippen LogP contribution >= 0.6 is 0 Å². The number of methoxy groups -OCH3 is 1. The van der Waals surface area contributed by atoms with Crippen LogP contribution in [0.3, 0.4) is 0 Å². The van der Waals surface area contributed by atoms with Gasteiger partial charge in [0.15, 0.2) is 0 Å². The molecule has 1 heterocycles. The van der Waals surface area contributed by atoms with Crippen LogP contribution in [-0.4, -0.2) is 23.0 Å². The van der Waals surface area contributed by atoms with Gasteiger partial charge in [-0.15, -0.1) is 0 Å². The summed E-state index contributed by atoms with van der Waals surface area (Å²) >= 11 is 0. The molecule has 1 aromatic heterocycles. The highest BCUT2D eigenvalue weighted by molar-refractivity contribution is 5.93. The lowest BCUT2D eigenvalue weighted by atomic mass is 10.1. The van der Waals surface area contributed by atoms with Gasteiger partial charge in [0.25, 0.3) is 0 Å². The van der Waals surface area contributed by atoms with Crippen molar-refractivity contribution in [3.63, 3.8) is 0 Å². The van der Waals surface area contributed by atoms with Gasteiger partial charge in [0.1, 0.15) is 0 Å². The van der Waals surface area contributed by atoms with Crippen molar-refractivity contribution in [3.8, 4) is 0 Å². The van der Waals surface area contributed by atoms with E-state index in [1.54, 1.807) is 12.4 Å². The molecule has 4 nitrogen and oxygen atoms in total. The molecule has 0 aliphatic rings. The van der Waals surface area contributed by atoms with E-state index < -0.39 is 0 Å². The van der Waals surface area contributed by atoms with Crippen molar-refractivity contribution in [2.75, 3.05) is 7.11 Å². The number of imidazole rings is 1. The van der Waals surface area contributed by atoms with Gasteiger partial charge in [-0.1, -0.05) is 6.92 Å². The summed E-state index contributed by atoms with van der Waals surface area (Å²) in [5.41, 5.74) is 2.36. The molecule has 0 saturated carbocycles. The molecule has 0 atom stereocenters. The zero-order valence-electron chi connectivity index (χ0n) is 8.63.